The van der Waals surface area contributed by atoms with Gasteiger partial charge < -0.3 is 18.9 Å². The highest BCUT2D eigenvalue weighted by atomic mass is 35.5. The molecule has 40 heavy (non-hydrogen) atoms. The van der Waals surface area contributed by atoms with Crippen LogP contribution in [-0.2, 0) is 16.2 Å². The number of anilines is 1. The summed E-state index contributed by atoms with van der Waals surface area (Å²) < 4.78 is 22.2. The quantitative estimate of drug-likeness (QED) is 0.225. The molecule has 1 fully saturated rings. The lowest BCUT2D eigenvalue weighted by Gasteiger charge is -2.28. The molecular formula is C28H23Cl3N2O7. The van der Waals surface area contributed by atoms with E-state index in [4.69, 9.17) is 53.8 Å². The molecule has 9 nitrogen and oxygen atoms in total. The van der Waals surface area contributed by atoms with E-state index in [0.29, 0.717) is 33.7 Å². The van der Waals surface area contributed by atoms with E-state index in [-0.39, 0.29) is 34.4 Å². The van der Waals surface area contributed by atoms with Crippen LogP contribution < -0.4 is 29.2 Å². The number of hydrogen-bond acceptors (Lipinski definition) is 7. The number of carbonyl (C=O) groups excluding carboxylic acids is 3. The van der Waals surface area contributed by atoms with E-state index in [1.54, 1.807) is 36.4 Å². The first-order valence-electron chi connectivity index (χ1n) is 11.8. The Kier molecular flexibility index (Phi) is 9.09. The summed E-state index contributed by atoms with van der Waals surface area (Å²) in [5.41, 5.74) is 1.01. The molecule has 0 unspecified atom stereocenters. The Morgan fingerprint density at radius 2 is 1.55 bits per heavy atom. The second kappa shape index (κ2) is 12.5. The number of imide groups is 2. The number of amides is 4. The van der Waals surface area contributed by atoms with E-state index in [1.165, 1.54) is 32.4 Å². The molecule has 12 heteroatoms. The molecule has 4 rings (SSSR count). The number of ether oxygens (including phenoxy) is 4. The van der Waals surface area contributed by atoms with Crippen molar-refractivity contribution in [3.63, 3.8) is 0 Å². The zero-order valence-electron chi connectivity index (χ0n) is 21.5. The van der Waals surface area contributed by atoms with Gasteiger partial charge in [0.1, 0.15) is 23.7 Å². The molecular weight excluding hydrogens is 583 g/mol. The van der Waals surface area contributed by atoms with Gasteiger partial charge in [-0.3, -0.25) is 14.9 Å². The summed E-state index contributed by atoms with van der Waals surface area (Å²) in [6.07, 6.45) is 1.35. The molecule has 4 amide bonds. The van der Waals surface area contributed by atoms with Crippen molar-refractivity contribution in [2.75, 3.05) is 25.7 Å². The first-order chi connectivity index (χ1) is 19.2. The fourth-order valence-electron chi connectivity index (χ4n) is 3.85. The van der Waals surface area contributed by atoms with Gasteiger partial charge in [0.2, 0.25) is 0 Å². The first kappa shape index (κ1) is 29.1. The molecule has 208 valence electrons. The Morgan fingerprint density at radius 3 is 2.23 bits per heavy atom. The van der Waals surface area contributed by atoms with E-state index in [0.717, 1.165) is 10.5 Å². The van der Waals surface area contributed by atoms with Crippen molar-refractivity contribution in [2.45, 2.75) is 13.5 Å². The number of halogens is 3. The third-order valence-electron chi connectivity index (χ3n) is 5.75. The van der Waals surface area contributed by atoms with Gasteiger partial charge in [-0.1, -0.05) is 46.9 Å². The number of urea groups is 1. The van der Waals surface area contributed by atoms with Crippen molar-refractivity contribution in [1.29, 1.82) is 0 Å². The fraction of sp³-hybridized carbons (Fsp3) is 0.179. The summed E-state index contributed by atoms with van der Waals surface area (Å²) in [6.45, 7) is 2.34. The maximum Gasteiger partial charge on any atom is 0.336 e. The molecule has 3 aromatic carbocycles. The van der Waals surface area contributed by atoms with Crippen molar-refractivity contribution in [3.8, 4) is 23.0 Å². The third-order valence-corrected chi connectivity index (χ3v) is 6.79. The SMILES string of the molecule is CCOc1cc(/C=C2\C(=O)NC(=O)N(c3cc(OC)c(Cl)cc3OC)C2=O)ccc1OCc1ccc(Cl)c(Cl)c1. The molecule has 1 aliphatic rings. The third kappa shape index (κ3) is 6.12. The minimum atomic E-state index is -0.948. The number of nitrogens with zero attached hydrogens (tertiary/aromatic N) is 1. The largest absolute Gasteiger partial charge is 0.495 e. The number of barbiturate groups is 1. The average molecular weight is 606 g/mol. The molecule has 0 bridgehead atoms. The average Bonchev–Trinajstić information content (AvgIpc) is 2.93. The van der Waals surface area contributed by atoms with Crippen LogP contribution in [0.4, 0.5) is 10.5 Å². The Balaban J connectivity index is 1.66. The van der Waals surface area contributed by atoms with Gasteiger partial charge in [-0.2, -0.15) is 0 Å². The summed E-state index contributed by atoms with van der Waals surface area (Å²) in [4.78, 5) is 39.7. The molecule has 1 saturated heterocycles. The highest BCUT2D eigenvalue weighted by molar-refractivity contribution is 6.42. The number of rotatable bonds is 9. The molecule has 0 saturated carbocycles. The van der Waals surface area contributed by atoms with Crippen LogP contribution in [0, 0.1) is 0 Å². The summed E-state index contributed by atoms with van der Waals surface area (Å²) in [7, 11) is 2.74. The molecule has 0 aliphatic carbocycles. The van der Waals surface area contributed by atoms with Gasteiger partial charge >= 0.3 is 6.03 Å². The highest BCUT2D eigenvalue weighted by Crippen LogP contribution is 2.39. The van der Waals surface area contributed by atoms with Crippen molar-refractivity contribution in [3.05, 3.63) is 80.3 Å². The lowest BCUT2D eigenvalue weighted by atomic mass is 10.1. The molecule has 3 aromatic rings. The summed E-state index contributed by atoms with van der Waals surface area (Å²) >= 11 is 18.2. The number of nitrogens with one attached hydrogen (secondary N) is 1. The topological polar surface area (TPSA) is 103 Å². The van der Waals surface area contributed by atoms with E-state index in [1.807, 2.05) is 6.92 Å². The summed E-state index contributed by atoms with van der Waals surface area (Å²) in [5.74, 6) is -0.566. The van der Waals surface area contributed by atoms with Gasteiger partial charge in [-0.05, 0) is 48.4 Å². The predicted octanol–water partition coefficient (Wildman–Crippen LogP) is 6.31. The molecule has 1 heterocycles. The van der Waals surface area contributed by atoms with E-state index < -0.39 is 17.8 Å². The maximum absolute atomic E-state index is 13.5. The van der Waals surface area contributed by atoms with Crippen molar-refractivity contribution < 1.29 is 33.3 Å². The van der Waals surface area contributed by atoms with E-state index in [2.05, 4.69) is 5.32 Å². The van der Waals surface area contributed by atoms with Crippen LogP contribution in [0.25, 0.3) is 6.08 Å². The van der Waals surface area contributed by atoms with E-state index in [9.17, 15) is 14.4 Å². The highest BCUT2D eigenvalue weighted by Gasteiger charge is 2.38. The van der Waals surface area contributed by atoms with Gasteiger partial charge in [0, 0.05) is 12.1 Å². The molecule has 1 N–H and O–H groups in total. The van der Waals surface area contributed by atoms with Gasteiger partial charge in [0.25, 0.3) is 11.8 Å². The van der Waals surface area contributed by atoms with Gasteiger partial charge in [-0.15, -0.1) is 0 Å². The fourth-order valence-corrected chi connectivity index (χ4v) is 4.41. The summed E-state index contributed by atoms with van der Waals surface area (Å²) in [6, 6.07) is 11.9. The minimum Gasteiger partial charge on any atom is -0.495 e. The van der Waals surface area contributed by atoms with E-state index >= 15 is 0 Å². The summed E-state index contributed by atoms with van der Waals surface area (Å²) in [5, 5.41) is 3.24. The van der Waals surface area contributed by atoms with Gasteiger partial charge in [-0.25, -0.2) is 9.69 Å². The standard InChI is InChI=1S/C28H23Cl3N2O7/c1-4-39-25-11-15(6-8-22(25)40-14-16-5-7-18(29)19(30)10-16)9-17-26(34)32-28(36)33(27(17)35)21-13-23(37-2)20(31)12-24(21)38-3/h5-13H,4,14H2,1-3H3,(H,32,34,36)/b17-9+. The lowest BCUT2D eigenvalue weighted by Crippen LogP contribution is -2.54. The van der Waals surface area contributed by atoms with Crippen LogP contribution in [0.3, 0.4) is 0 Å². The maximum atomic E-state index is 13.5. The zero-order valence-corrected chi connectivity index (χ0v) is 23.8. The second-order valence-electron chi connectivity index (χ2n) is 8.29. The minimum absolute atomic E-state index is 0.0470. The van der Waals surface area contributed by atoms with Crippen LogP contribution >= 0.6 is 34.8 Å². The molecule has 0 aromatic heterocycles. The number of carbonyl (C=O) groups is 3. The normalized spacial score (nSPS) is 14.3. The second-order valence-corrected chi connectivity index (χ2v) is 9.51. The van der Waals surface area contributed by atoms with Gasteiger partial charge in [0.15, 0.2) is 11.5 Å². The first-order valence-corrected chi connectivity index (χ1v) is 13.0. The van der Waals surface area contributed by atoms with Crippen molar-refractivity contribution in [1.82, 2.24) is 5.32 Å². The van der Waals surface area contributed by atoms with Crippen LogP contribution in [0.5, 0.6) is 23.0 Å². The lowest BCUT2D eigenvalue weighted by molar-refractivity contribution is -0.122. The van der Waals surface area contributed by atoms with Crippen LogP contribution in [-0.4, -0.2) is 38.7 Å². The van der Waals surface area contributed by atoms with Crippen molar-refractivity contribution in [2.24, 2.45) is 0 Å². The van der Waals surface area contributed by atoms with Crippen LogP contribution in [0.15, 0.2) is 54.1 Å². The Morgan fingerprint density at radius 1 is 0.800 bits per heavy atom. The number of hydrogen-bond donors (Lipinski definition) is 1. The van der Waals surface area contributed by atoms with Crippen LogP contribution in [0.1, 0.15) is 18.1 Å². The van der Waals surface area contributed by atoms with Crippen LogP contribution in [0.2, 0.25) is 15.1 Å². The van der Waals surface area contributed by atoms with Gasteiger partial charge in [0.05, 0.1) is 41.6 Å². The molecule has 0 atom stereocenters. The Labute approximate surface area is 245 Å². The molecule has 1 aliphatic heterocycles. The Hall–Kier alpha value is -3.92. The molecule has 0 radical (unpaired) electrons. The monoisotopic (exact) mass is 604 g/mol. The number of benzene rings is 3. The number of methoxy groups -OCH3 is 2. The zero-order chi connectivity index (χ0) is 29.0. The predicted molar refractivity (Wildman–Crippen MR) is 152 cm³/mol. The van der Waals surface area contributed by atoms with Crippen molar-refractivity contribution >= 4 is 64.4 Å². The Bertz CT molecular complexity index is 1520. The smallest absolute Gasteiger partial charge is 0.336 e. The molecule has 0 spiro atoms.